The third-order valence-electron chi connectivity index (χ3n) is 3.87. The van der Waals surface area contributed by atoms with Crippen LogP contribution in [0.3, 0.4) is 0 Å². The van der Waals surface area contributed by atoms with Crippen LogP contribution in [0.4, 0.5) is 5.69 Å². The zero-order chi connectivity index (χ0) is 15.2. The fraction of sp³-hybridized carbons (Fsp3) is 0.533. The summed E-state index contributed by atoms with van der Waals surface area (Å²) in [5, 5.41) is 3.64. The number of halogens is 2. The molecule has 0 radical (unpaired) electrons. The normalized spacial score (nSPS) is 16.9. The van der Waals surface area contributed by atoms with E-state index in [2.05, 4.69) is 10.2 Å². The van der Waals surface area contributed by atoms with Crippen molar-refractivity contribution in [2.75, 3.05) is 31.5 Å². The summed E-state index contributed by atoms with van der Waals surface area (Å²) in [6.45, 7) is 3.03. The van der Waals surface area contributed by atoms with Crippen molar-refractivity contribution in [3.8, 4) is 0 Å². The van der Waals surface area contributed by atoms with Crippen LogP contribution in [-0.2, 0) is 4.79 Å². The number of nitrogens with two attached hydrogens (primary N) is 1. The molecule has 1 aromatic carbocycles. The average molecular weight is 330 g/mol. The van der Waals surface area contributed by atoms with Crippen molar-refractivity contribution < 1.29 is 4.79 Å². The third kappa shape index (κ3) is 4.85. The molecule has 6 heteroatoms. The summed E-state index contributed by atoms with van der Waals surface area (Å²) in [7, 11) is 0. The zero-order valence-electron chi connectivity index (χ0n) is 11.9. The largest absolute Gasteiger partial charge is 0.330 e. The second-order valence-corrected chi connectivity index (χ2v) is 6.23. The fourth-order valence-corrected chi connectivity index (χ4v) is 3.01. The van der Waals surface area contributed by atoms with Crippen molar-refractivity contribution in [1.82, 2.24) is 4.90 Å². The third-order valence-corrected chi connectivity index (χ3v) is 4.69. The molecular formula is C15H21Cl2N3O. The monoisotopic (exact) mass is 329 g/mol. The minimum absolute atomic E-state index is 0.0589. The van der Waals surface area contributed by atoms with Crippen LogP contribution in [0.5, 0.6) is 0 Å². The number of hydrogen-bond donors (Lipinski definition) is 2. The van der Waals surface area contributed by atoms with E-state index < -0.39 is 0 Å². The van der Waals surface area contributed by atoms with E-state index in [1.165, 1.54) is 0 Å². The zero-order valence-corrected chi connectivity index (χ0v) is 13.5. The first-order valence-corrected chi connectivity index (χ1v) is 8.02. The molecule has 116 valence electrons. The maximum absolute atomic E-state index is 12.1. The molecule has 1 aliphatic heterocycles. The predicted molar refractivity (Wildman–Crippen MR) is 87.9 cm³/mol. The summed E-state index contributed by atoms with van der Waals surface area (Å²) in [4.78, 5) is 14.2. The molecule has 0 atom stereocenters. The summed E-state index contributed by atoms with van der Waals surface area (Å²) in [6.07, 6.45) is 3.31. The Morgan fingerprint density at radius 2 is 2.05 bits per heavy atom. The number of nitrogens with zero attached hydrogens (tertiary/aromatic N) is 1. The second-order valence-electron chi connectivity index (χ2n) is 5.45. The number of carbonyl (C=O) groups is 1. The quantitative estimate of drug-likeness (QED) is 0.873. The van der Waals surface area contributed by atoms with Crippen molar-refractivity contribution in [2.45, 2.75) is 19.3 Å². The summed E-state index contributed by atoms with van der Waals surface area (Å²) < 4.78 is 0. The van der Waals surface area contributed by atoms with Gasteiger partial charge in [-0.15, -0.1) is 0 Å². The van der Waals surface area contributed by atoms with Gasteiger partial charge in [0.25, 0.3) is 0 Å². The van der Waals surface area contributed by atoms with E-state index in [-0.39, 0.29) is 5.91 Å². The molecule has 0 unspecified atom stereocenters. The highest BCUT2D eigenvalue weighted by atomic mass is 35.5. The van der Waals surface area contributed by atoms with Gasteiger partial charge in [0.1, 0.15) is 0 Å². The summed E-state index contributed by atoms with van der Waals surface area (Å²) >= 11 is 12.0. The molecule has 1 amide bonds. The maximum atomic E-state index is 12.1. The summed E-state index contributed by atoms with van der Waals surface area (Å²) in [5.74, 6) is 0.646. The Morgan fingerprint density at radius 1 is 1.33 bits per heavy atom. The lowest BCUT2D eigenvalue weighted by Crippen LogP contribution is -2.39. The maximum Gasteiger partial charge on any atom is 0.238 e. The molecule has 21 heavy (non-hydrogen) atoms. The van der Waals surface area contributed by atoms with Crippen LogP contribution >= 0.6 is 23.2 Å². The van der Waals surface area contributed by atoms with Crippen LogP contribution < -0.4 is 11.1 Å². The topological polar surface area (TPSA) is 58.4 Å². The molecule has 2 rings (SSSR count). The van der Waals surface area contributed by atoms with Crippen molar-refractivity contribution in [3.63, 3.8) is 0 Å². The van der Waals surface area contributed by atoms with Crippen molar-refractivity contribution >= 4 is 34.8 Å². The van der Waals surface area contributed by atoms with E-state index in [0.717, 1.165) is 38.9 Å². The van der Waals surface area contributed by atoms with Crippen molar-refractivity contribution in [1.29, 1.82) is 0 Å². The van der Waals surface area contributed by atoms with E-state index >= 15 is 0 Å². The molecule has 1 saturated heterocycles. The van der Waals surface area contributed by atoms with Crippen LogP contribution in [0.1, 0.15) is 19.3 Å². The van der Waals surface area contributed by atoms with Crippen LogP contribution in [-0.4, -0.2) is 37.0 Å². The lowest BCUT2D eigenvalue weighted by atomic mass is 9.94. The number of carbonyl (C=O) groups excluding carboxylic acids is 1. The second kappa shape index (κ2) is 7.99. The number of hydrogen-bond acceptors (Lipinski definition) is 3. The number of benzene rings is 1. The lowest BCUT2D eigenvalue weighted by molar-refractivity contribution is -0.117. The van der Waals surface area contributed by atoms with E-state index in [9.17, 15) is 4.79 Å². The van der Waals surface area contributed by atoms with Gasteiger partial charge in [0.05, 0.1) is 22.3 Å². The highest BCUT2D eigenvalue weighted by molar-refractivity contribution is 6.43. The van der Waals surface area contributed by atoms with Gasteiger partial charge in [0.15, 0.2) is 0 Å². The Hall–Kier alpha value is -0.810. The van der Waals surface area contributed by atoms with Gasteiger partial charge < -0.3 is 11.1 Å². The molecule has 1 aromatic rings. The summed E-state index contributed by atoms with van der Waals surface area (Å²) in [5.41, 5.74) is 6.15. The number of anilines is 1. The predicted octanol–water partition coefficient (Wildman–Crippen LogP) is 2.99. The molecule has 1 fully saturated rings. The highest BCUT2D eigenvalue weighted by Crippen LogP contribution is 2.29. The Kier molecular flexibility index (Phi) is 6.30. The van der Waals surface area contributed by atoms with Crippen LogP contribution in [0.15, 0.2) is 18.2 Å². The SMILES string of the molecule is NCCC1CCN(CC(=O)Nc2cccc(Cl)c2Cl)CC1. The first kappa shape index (κ1) is 16.6. The molecule has 0 aromatic heterocycles. The van der Waals surface area contributed by atoms with Gasteiger partial charge in [-0.2, -0.15) is 0 Å². The number of nitrogens with one attached hydrogen (secondary N) is 1. The molecule has 0 saturated carbocycles. The van der Waals surface area contributed by atoms with Gasteiger partial charge in [-0.1, -0.05) is 29.3 Å². The first-order chi connectivity index (χ1) is 10.1. The van der Waals surface area contributed by atoms with Gasteiger partial charge >= 0.3 is 0 Å². The molecule has 0 aliphatic carbocycles. The molecular weight excluding hydrogens is 309 g/mol. The van der Waals surface area contributed by atoms with Gasteiger partial charge in [-0.3, -0.25) is 9.69 Å². The van der Waals surface area contributed by atoms with Crippen LogP contribution in [0.2, 0.25) is 10.0 Å². The fourth-order valence-electron chi connectivity index (χ4n) is 2.66. The minimum Gasteiger partial charge on any atom is -0.330 e. The molecule has 0 spiro atoms. The average Bonchev–Trinajstić information content (AvgIpc) is 2.46. The standard InChI is InChI=1S/C15H21Cl2N3O/c16-12-2-1-3-13(15(12)17)19-14(21)10-20-8-5-11(4-7-18)6-9-20/h1-3,11H,4-10,18H2,(H,19,21). The Balaban J connectivity index is 1.81. The van der Waals surface area contributed by atoms with Crippen molar-refractivity contribution in [3.05, 3.63) is 28.2 Å². The first-order valence-electron chi connectivity index (χ1n) is 7.26. The Labute approximate surface area is 135 Å². The minimum atomic E-state index is -0.0589. The molecule has 4 nitrogen and oxygen atoms in total. The van der Waals surface area contributed by atoms with Gasteiger partial charge in [-0.25, -0.2) is 0 Å². The van der Waals surface area contributed by atoms with Crippen LogP contribution in [0, 0.1) is 5.92 Å². The number of amides is 1. The number of piperidine rings is 1. The van der Waals surface area contributed by atoms with Gasteiger partial charge in [0, 0.05) is 0 Å². The highest BCUT2D eigenvalue weighted by Gasteiger charge is 2.20. The van der Waals surface area contributed by atoms with E-state index in [0.29, 0.717) is 28.2 Å². The lowest BCUT2D eigenvalue weighted by Gasteiger charge is -2.31. The van der Waals surface area contributed by atoms with Gasteiger partial charge in [-0.05, 0) is 56.9 Å². The van der Waals surface area contributed by atoms with Crippen molar-refractivity contribution in [2.24, 2.45) is 11.7 Å². The van der Waals surface area contributed by atoms with Gasteiger partial charge in [0.2, 0.25) is 5.91 Å². The van der Waals surface area contributed by atoms with Crippen LogP contribution in [0.25, 0.3) is 0 Å². The van der Waals surface area contributed by atoms with E-state index in [1.807, 2.05) is 0 Å². The smallest absolute Gasteiger partial charge is 0.238 e. The molecule has 1 aliphatic rings. The Morgan fingerprint density at radius 3 is 2.71 bits per heavy atom. The Bertz CT molecular complexity index is 488. The molecule has 0 bridgehead atoms. The number of likely N-dealkylation sites (tertiary alicyclic amines) is 1. The van der Waals surface area contributed by atoms with E-state index in [4.69, 9.17) is 28.9 Å². The summed E-state index contributed by atoms with van der Waals surface area (Å²) in [6, 6.07) is 5.21. The van der Waals surface area contributed by atoms with E-state index in [1.54, 1.807) is 18.2 Å². The molecule has 3 N–H and O–H groups in total. The number of rotatable bonds is 5. The molecule has 1 heterocycles.